The SMILES string of the molecule is COc1cc([C@@H]2CC(=O)Oc3c(C(C)=O)c(O)c4c(C)cc(=O)oc4c32)cc(OC)c1OC(C)=O. The summed E-state index contributed by atoms with van der Waals surface area (Å²) in [4.78, 5) is 49.0. The van der Waals surface area contributed by atoms with Gasteiger partial charge >= 0.3 is 17.6 Å². The fourth-order valence-corrected chi connectivity index (χ4v) is 4.37. The number of carbonyl (C=O) groups excluding carboxylic acids is 3. The Balaban J connectivity index is 2.11. The van der Waals surface area contributed by atoms with E-state index in [4.69, 9.17) is 23.4 Å². The molecule has 1 aliphatic heterocycles. The Labute approximate surface area is 199 Å². The van der Waals surface area contributed by atoms with Gasteiger partial charge in [-0.25, -0.2) is 4.79 Å². The van der Waals surface area contributed by atoms with E-state index in [2.05, 4.69) is 0 Å². The number of ether oxygens (including phenoxy) is 4. The molecule has 10 nitrogen and oxygen atoms in total. The van der Waals surface area contributed by atoms with Crippen molar-refractivity contribution in [3.05, 3.63) is 50.9 Å². The Morgan fingerprint density at radius 3 is 2.23 bits per heavy atom. The van der Waals surface area contributed by atoms with E-state index in [0.29, 0.717) is 11.1 Å². The predicted molar refractivity (Wildman–Crippen MR) is 122 cm³/mol. The smallest absolute Gasteiger partial charge is 0.336 e. The number of rotatable bonds is 5. The second-order valence-corrected chi connectivity index (χ2v) is 8.05. The van der Waals surface area contributed by atoms with Crippen LogP contribution in [0.5, 0.6) is 28.7 Å². The van der Waals surface area contributed by atoms with Crippen LogP contribution in [0.4, 0.5) is 0 Å². The number of phenolic OH excluding ortho intramolecular Hbond substituents is 1. The Hall–Kier alpha value is -4.34. The van der Waals surface area contributed by atoms with E-state index in [1.54, 1.807) is 19.1 Å². The molecular weight excluding hydrogens is 460 g/mol. The molecule has 0 radical (unpaired) electrons. The lowest BCUT2D eigenvalue weighted by molar-refractivity contribution is -0.135. The molecule has 0 aliphatic carbocycles. The van der Waals surface area contributed by atoms with Crippen LogP contribution in [0.1, 0.15) is 53.2 Å². The lowest BCUT2D eigenvalue weighted by Crippen LogP contribution is -2.24. The van der Waals surface area contributed by atoms with Crippen molar-refractivity contribution in [3.63, 3.8) is 0 Å². The zero-order valence-corrected chi connectivity index (χ0v) is 19.6. The molecule has 1 aromatic heterocycles. The third-order valence-corrected chi connectivity index (χ3v) is 5.77. The summed E-state index contributed by atoms with van der Waals surface area (Å²) >= 11 is 0. The average molecular weight is 482 g/mol. The van der Waals surface area contributed by atoms with Gasteiger partial charge in [0.25, 0.3) is 0 Å². The lowest BCUT2D eigenvalue weighted by Gasteiger charge is -2.28. The lowest BCUT2D eigenvalue weighted by atomic mass is 9.82. The summed E-state index contributed by atoms with van der Waals surface area (Å²) in [6, 6.07) is 4.30. The van der Waals surface area contributed by atoms with Gasteiger partial charge in [0.15, 0.2) is 23.0 Å². The molecule has 35 heavy (non-hydrogen) atoms. The normalized spacial score (nSPS) is 14.8. The molecule has 1 atom stereocenters. The van der Waals surface area contributed by atoms with E-state index in [1.165, 1.54) is 34.1 Å². The highest BCUT2D eigenvalue weighted by Crippen LogP contribution is 2.51. The average Bonchev–Trinajstić information content (AvgIpc) is 2.77. The molecule has 3 aromatic rings. The summed E-state index contributed by atoms with van der Waals surface area (Å²) in [5.41, 5.74) is 0.217. The first-order valence-corrected chi connectivity index (χ1v) is 10.6. The summed E-state index contributed by atoms with van der Waals surface area (Å²) in [6.45, 7) is 4.05. The van der Waals surface area contributed by atoms with Crippen molar-refractivity contribution in [2.75, 3.05) is 14.2 Å². The minimum atomic E-state index is -0.786. The van der Waals surface area contributed by atoms with E-state index in [-0.39, 0.29) is 51.5 Å². The molecule has 0 fully saturated rings. The van der Waals surface area contributed by atoms with Crippen molar-refractivity contribution in [1.29, 1.82) is 0 Å². The van der Waals surface area contributed by atoms with Crippen LogP contribution in [0.25, 0.3) is 11.0 Å². The van der Waals surface area contributed by atoms with Crippen molar-refractivity contribution in [2.24, 2.45) is 0 Å². The quantitative estimate of drug-likeness (QED) is 0.249. The Morgan fingerprint density at radius 2 is 1.69 bits per heavy atom. The zero-order chi connectivity index (χ0) is 25.6. The van der Waals surface area contributed by atoms with Crippen LogP contribution in [0.15, 0.2) is 27.4 Å². The van der Waals surface area contributed by atoms with Crippen LogP contribution in [-0.2, 0) is 9.59 Å². The third kappa shape index (κ3) is 3.96. The highest BCUT2D eigenvalue weighted by atomic mass is 16.6. The molecule has 2 aromatic carbocycles. The van der Waals surface area contributed by atoms with Crippen molar-refractivity contribution in [3.8, 4) is 28.7 Å². The first-order valence-electron chi connectivity index (χ1n) is 10.6. The fourth-order valence-electron chi connectivity index (χ4n) is 4.37. The van der Waals surface area contributed by atoms with Crippen LogP contribution in [0, 0.1) is 6.92 Å². The number of hydrogen-bond acceptors (Lipinski definition) is 10. The molecular formula is C25H22O10. The summed E-state index contributed by atoms with van der Waals surface area (Å²) in [6.07, 6.45) is -0.179. The fraction of sp³-hybridized carbons (Fsp3) is 0.280. The van der Waals surface area contributed by atoms with E-state index >= 15 is 0 Å². The largest absolute Gasteiger partial charge is 0.506 e. The molecule has 4 rings (SSSR count). The van der Waals surface area contributed by atoms with Gasteiger partial charge in [-0.15, -0.1) is 0 Å². The number of hydrogen-bond donors (Lipinski definition) is 1. The van der Waals surface area contributed by atoms with Gasteiger partial charge in [-0.1, -0.05) is 0 Å². The molecule has 2 heterocycles. The molecule has 0 amide bonds. The highest BCUT2D eigenvalue weighted by Gasteiger charge is 2.38. The number of ketones is 1. The maximum atomic E-state index is 12.6. The first kappa shape index (κ1) is 23.8. The van der Waals surface area contributed by atoms with Gasteiger partial charge in [0.2, 0.25) is 5.75 Å². The maximum Gasteiger partial charge on any atom is 0.336 e. The third-order valence-electron chi connectivity index (χ3n) is 5.77. The Morgan fingerprint density at radius 1 is 1.06 bits per heavy atom. The van der Waals surface area contributed by atoms with Gasteiger partial charge in [0.05, 0.1) is 26.0 Å². The van der Waals surface area contributed by atoms with E-state index in [1.807, 2.05) is 0 Å². The van der Waals surface area contributed by atoms with Crippen LogP contribution in [0.3, 0.4) is 0 Å². The Bertz CT molecular complexity index is 1440. The van der Waals surface area contributed by atoms with Gasteiger partial charge < -0.3 is 28.5 Å². The van der Waals surface area contributed by atoms with Crippen molar-refractivity contribution in [1.82, 2.24) is 0 Å². The Kier molecular flexibility index (Phi) is 5.98. The number of Topliss-reactive ketones (excluding diaryl/α,β-unsaturated/α-hetero) is 1. The number of benzene rings is 2. The van der Waals surface area contributed by atoms with Crippen LogP contribution in [0.2, 0.25) is 0 Å². The summed E-state index contributed by atoms with van der Waals surface area (Å²) in [5.74, 6) is -2.85. The molecule has 1 aliphatic rings. The van der Waals surface area contributed by atoms with Crippen molar-refractivity contribution >= 4 is 28.7 Å². The highest BCUT2D eigenvalue weighted by molar-refractivity contribution is 6.09. The topological polar surface area (TPSA) is 139 Å². The summed E-state index contributed by atoms with van der Waals surface area (Å²) < 4.78 is 26.9. The molecule has 0 saturated carbocycles. The summed E-state index contributed by atoms with van der Waals surface area (Å²) in [7, 11) is 2.75. The number of fused-ring (bicyclic) bond motifs is 3. The molecule has 182 valence electrons. The van der Waals surface area contributed by atoms with Gasteiger partial charge in [-0.2, -0.15) is 0 Å². The van der Waals surface area contributed by atoms with Gasteiger partial charge in [0.1, 0.15) is 16.9 Å². The molecule has 0 spiro atoms. The predicted octanol–water partition coefficient (Wildman–Crippen LogP) is 3.39. The first-order chi connectivity index (χ1) is 16.6. The van der Waals surface area contributed by atoms with Crippen LogP contribution in [-0.4, -0.2) is 37.0 Å². The van der Waals surface area contributed by atoms with E-state index < -0.39 is 35.0 Å². The zero-order valence-electron chi connectivity index (χ0n) is 19.6. The second-order valence-electron chi connectivity index (χ2n) is 8.05. The maximum absolute atomic E-state index is 12.6. The number of aromatic hydroxyl groups is 1. The van der Waals surface area contributed by atoms with Crippen LogP contribution < -0.4 is 24.6 Å². The number of aryl methyl sites for hydroxylation is 1. The minimum Gasteiger partial charge on any atom is -0.506 e. The monoisotopic (exact) mass is 482 g/mol. The van der Waals surface area contributed by atoms with Crippen molar-refractivity contribution < 1.29 is 42.9 Å². The number of esters is 2. The standard InChI is InChI=1S/C25H22O10/c1-10-6-17(28)34-24-19(10)22(30)20(11(2)26)25-21(24)14(9-18(29)35-25)13-7-15(31-4)23(33-12(3)27)16(8-13)32-5/h6-8,14,30H,9H2,1-5H3/t14-/m0/s1. The number of carbonyl (C=O) groups is 3. The molecule has 10 heteroatoms. The van der Waals surface area contributed by atoms with E-state index in [0.717, 1.165) is 0 Å². The van der Waals surface area contributed by atoms with Gasteiger partial charge in [-0.3, -0.25) is 14.4 Å². The molecule has 0 bridgehead atoms. The molecule has 0 unspecified atom stereocenters. The second kappa shape index (κ2) is 8.79. The number of methoxy groups -OCH3 is 2. The van der Waals surface area contributed by atoms with Crippen LogP contribution >= 0.6 is 0 Å². The van der Waals surface area contributed by atoms with Gasteiger partial charge in [-0.05, 0) is 37.1 Å². The number of phenols is 1. The van der Waals surface area contributed by atoms with Gasteiger partial charge in [0, 0.05) is 24.5 Å². The van der Waals surface area contributed by atoms with E-state index in [9.17, 15) is 24.3 Å². The minimum absolute atomic E-state index is 0.00741. The molecule has 0 saturated heterocycles. The molecule has 1 N–H and O–H groups in total. The summed E-state index contributed by atoms with van der Waals surface area (Å²) in [5, 5.41) is 11.1. The van der Waals surface area contributed by atoms with Crippen molar-refractivity contribution in [2.45, 2.75) is 33.1 Å².